The molecule has 120 valence electrons. The molecule has 1 N–H and O–H groups in total. The smallest absolute Gasteiger partial charge is 0.271 e. The van der Waals surface area contributed by atoms with Crippen LogP contribution in [-0.4, -0.2) is 22.7 Å². The van der Waals surface area contributed by atoms with E-state index < -0.39 is 16.9 Å². The van der Waals surface area contributed by atoms with Crippen LogP contribution in [0.4, 0.5) is 5.69 Å². The summed E-state index contributed by atoms with van der Waals surface area (Å²) >= 11 is 5.78. The molecule has 0 spiro atoms. The van der Waals surface area contributed by atoms with Crippen molar-refractivity contribution in [2.45, 2.75) is 19.4 Å². The number of ketones is 1. The van der Waals surface area contributed by atoms with Crippen LogP contribution in [0.3, 0.4) is 0 Å². The first-order valence-corrected chi connectivity index (χ1v) is 7.07. The number of rotatable bonds is 6. The summed E-state index contributed by atoms with van der Waals surface area (Å²) in [6.07, 6.45) is 1.43. The van der Waals surface area contributed by atoms with Gasteiger partial charge >= 0.3 is 0 Å². The van der Waals surface area contributed by atoms with Crippen molar-refractivity contribution in [3.05, 3.63) is 63.1 Å². The fraction of sp³-hybridized carbons (Fsp3) is 0.200. The highest BCUT2D eigenvalue weighted by Gasteiger charge is 2.18. The van der Waals surface area contributed by atoms with E-state index in [2.05, 4.69) is 5.32 Å². The highest BCUT2D eigenvalue weighted by atomic mass is 35.5. The molecule has 1 atom stereocenters. The first-order valence-electron chi connectivity index (χ1n) is 6.69. The molecule has 7 nitrogen and oxygen atoms in total. The lowest BCUT2D eigenvalue weighted by molar-refractivity contribution is -0.384. The van der Waals surface area contributed by atoms with Crippen LogP contribution in [0.15, 0.2) is 41.0 Å². The topological polar surface area (TPSA) is 102 Å². The van der Waals surface area contributed by atoms with Crippen molar-refractivity contribution < 1.29 is 18.9 Å². The number of nitrogens with one attached hydrogen (secondary N) is 1. The summed E-state index contributed by atoms with van der Waals surface area (Å²) in [5, 5.41) is 13.5. The van der Waals surface area contributed by atoms with Gasteiger partial charge in [-0.3, -0.25) is 19.7 Å². The van der Waals surface area contributed by atoms with Gasteiger partial charge in [-0.15, -0.1) is 0 Å². The van der Waals surface area contributed by atoms with Crippen LogP contribution in [0.25, 0.3) is 0 Å². The molecular formula is C15H13ClN2O5. The van der Waals surface area contributed by atoms with Crippen molar-refractivity contribution in [3.63, 3.8) is 0 Å². The van der Waals surface area contributed by atoms with Crippen molar-refractivity contribution in [2.24, 2.45) is 0 Å². The summed E-state index contributed by atoms with van der Waals surface area (Å²) in [5.74, 6) is -0.584. The molecule has 1 heterocycles. The van der Waals surface area contributed by atoms with Crippen LogP contribution in [-0.2, 0) is 0 Å². The molecule has 2 aromatic rings. The number of Topliss-reactive ketones (excluding diaryl/α,β-unsaturated/α-hetero) is 1. The summed E-state index contributed by atoms with van der Waals surface area (Å²) in [6, 6.07) is 6.27. The molecule has 0 radical (unpaired) electrons. The van der Waals surface area contributed by atoms with Gasteiger partial charge in [-0.25, -0.2) is 0 Å². The van der Waals surface area contributed by atoms with Crippen LogP contribution in [0.2, 0.25) is 5.02 Å². The van der Waals surface area contributed by atoms with Crippen LogP contribution >= 0.6 is 11.6 Å². The SMILES string of the molecule is CC(CC(=O)c1ccco1)NC(=O)c1cc(Cl)cc([N+](=O)[O-])c1. The summed E-state index contributed by atoms with van der Waals surface area (Å²) in [7, 11) is 0. The molecule has 23 heavy (non-hydrogen) atoms. The van der Waals surface area contributed by atoms with Crippen molar-refractivity contribution >= 4 is 29.0 Å². The predicted octanol–water partition coefficient (Wildman–Crippen LogP) is 3.23. The standard InChI is InChI=1S/C15H13ClN2O5/c1-9(5-13(19)14-3-2-4-23-14)17-15(20)10-6-11(16)8-12(7-10)18(21)22/h2-4,6-9H,5H2,1H3,(H,17,20). The maximum atomic E-state index is 12.1. The number of hydrogen-bond acceptors (Lipinski definition) is 5. The Kier molecular flexibility index (Phi) is 5.13. The number of hydrogen-bond donors (Lipinski definition) is 1. The van der Waals surface area contributed by atoms with Crippen molar-refractivity contribution in [2.75, 3.05) is 0 Å². The largest absolute Gasteiger partial charge is 0.461 e. The number of nitrogens with zero attached hydrogens (tertiary/aromatic N) is 1. The Hall–Kier alpha value is -2.67. The second-order valence-electron chi connectivity index (χ2n) is 4.93. The molecule has 1 amide bonds. The quantitative estimate of drug-likeness (QED) is 0.495. The van der Waals surface area contributed by atoms with Gasteiger partial charge in [0.2, 0.25) is 0 Å². The zero-order valence-electron chi connectivity index (χ0n) is 12.1. The van der Waals surface area contributed by atoms with Gasteiger partial charge in [0.05, 0.1) is 11.2 Å². The molecule has 0 aliphatic heterocycles. The molecule has 1 aromatic heterocycles. The van der Waals surface area contributed by atoms with E-state index in [4.69, 9.17) is 16.0 Å². The van der Waals surface area contributed by atoms with Crippen molar-refractivity contribution in [3.8, 4) is 0 Å². The second-order valence-corrected chi connectivity index (χ2v) is 5.37. The molecule has 8 heteroatoms. The third-order valence-electron chi connectivity index (χ3n) is 3.02. The zero-order valence-corrected chi connectivity index (χ0v) is 12.9. The molecule has 0 fully saturated rings. The first kappa shape index (κ1) is 16.7. The Balaban J connectivity index is 2.04. The summed E-state index contributed by atoms with van der Waals surface area (Å²) in [4.78, 5) is 34.2. The van der Waals surface area contributed by atoms with E-state index in [1.807, 2.05) is 0 Å². The molecule has 0 aliphatic carbocycles. The third kappa shape index (κ3) is 4.40. The van der Waals surface area contributed by atoms with E-state index in [9.17, 15) is 19.7 Å². The number of carbonyl (C=O) groups excluding carboxylic acids is 2. The van der Waals surface area contributed by atoms with Gasteiger partial charge < -0.3 is 9.73 Å². The highest BCUT2D eigenvalue weighted by molar-refractivity contribution is 6.31. The summed E-state index contributed by atoms with van der Waals surface area (Å²) in [6.45, 7) is 1.65. The number of carbonyl (C=O) groups is 2. The molecule has 0 aliphatic rings. The van der Waals surface area contributed by atoms with E-state index in [1.54, 1.807) is 13.0 Å². The van der Waals surface area contributed by atoms with Crippen LogP contribution < -0.4 is 5.32 Å². The van der Waals surface area contributed by atoms with E-state index >= 15 is 0 Å². The fourth-order valence-electron chi connectivity index (χ4n) is 1.98. The molecule has 2 rings (SSSR count). The number of nitro groups is 1. The number of benzene rings is 1. The van der Waals surface area contributed by atoms with E-state index in [0.717, 1.165) is 12.1 Å². The van der Waals surface area contributed by atoms with Crippen molar-refractivity contribution in [1.82, 2.24) is 5.32 Å². The lowest BCUT2D eigenvalue weighted by atomic mass is 10.1. The lowest BCUT2D eigenvalue weighted by Gasteiger charge is -2.12. The Morgan fingerprint density at radius 3 is 2.74 bits per heavy atom. The fourth-order valence-corrected chi connectivity index (χ4v) is 2.21. The van der Waals surface area contributed by atoms with E-state index in [1.165, 1.54) is 18.4 Å². The molecule has 0 bridgehead atoms. The highest BCUT2D eigenvalue weighted by Crippen LogP contribution is 2.21. The molecule has 0 saturated heterocycles. The Morgan fingerprint density at radius 1 is 1.39 bits per heavy atom. The third-order valence-corrected chi connectivity index (χ3v) is 3.24. The van der Waals surface area contributed by atoms with Crippen LogP contribution in [0.1, 0.15) is 34.3 Å². The van der Waals surface area contributed by atoms with Gasteiger partial charge in [-0.1, -0.05) is 11.6 Å². The number of nitro benzene ring substituents is 1. The molecule has 0 saturated carbocycles. The number of non-ortho nitro benzene ring substituents is 1. The van der Waals surface area contributed by atoms with E-state index in [0.29, 0.717) is 0 Å². The van der Waals surface area contributed by atoms with Gasteiger partial charge in [0, 0.05) is 35.2 Å². The molecule has 1 aromatic carbocycles. The van der Waals surface area contributed by atoms with Gasteiger partial charge in [-0.05, 0) is 25.1 Å². The number of halogens is 1. The average Bonchev–Trinajstić information content (AvgIpc) is 3.00. The average molecular weight is 337 g/mol. The number of amides is 1. The number of furan rings is 1. The van der Waals surface area contributed by atoms with Crippen molar-refractivity contribution in [1.29, 1.82) is 0 Å². The summed E-state index contributed by atoms with van der Waals surface area (Å²) < 4.78 is 4.99. The second kappa shape index (κ2) is 7.06. The first-order chi connectivity index (χ1) is 10.9. The minimum atomic E-state index is -0.632. The maximum absolute atomic E-state index is 12.1. The Morgan fingerprint density at radius 2 is 2.13 bits per heavy atom. The Bertz CT molecular complexity index is 742. The lowest BCUT2D eigenvalue weighted by Crippen LogP contribution is -2.34. The van der Waals surface area contributed by atoms with Gasteiger partial charge in [-0.2, -0.15) is 0 Å². The van der Waals surface area contributed by atoms with Gasteiger partial charge in [0.25, 0.3) is 11.6 Å². The predicted molar refractivity (Wildman–Crippen MR) is 82.7 cm³/mol. The van der Waals surface area contributed by atoms with Gasteiger partial charge in [0.15, 0.2) is 11.5 Å². The normalized spacial score (nSPS) is 11.7. The van der Waals surface area contributed by atoms with Crippen LogP contribution in [0, 0.1) is 10.1 Å². The van der Waals surface area contributed by atoms with E-state index in [-0.39, 0.29) is 34.2 Å². The molecule has 1 unspecified atom stereocenters. The van der Waals surface area contributed by atoms with Gasteiger partial charge in [0.1, 0.15) is 0 Å². The summed E-state index contributed by atoms with van der Waals surface area (Å²) in [5.41, 5.74) is -0.219. The minimum Gasteiger partial charge on any atom is -0.461 e. The maximum Gasteiger partial charge on any atom is 0.271 e. The monoisotopic (exact) mass is 336 g/mol. The zero-order chi connectivity index (χ0) is 17.0. The van der Waals surface area contributed by atoms with Crippen LogP contribution in [0.5, 0.6) is 0 Å². The Labute approximate surface area is 136 Å². The molecular weight excluding hydrogens is 324 g/mol. The minimum absolute atomic E-state index is 0.0436.